The molecule has 2 nitrogen and oxygen atoms in total. The molecule has 1 aliphatic rings. The molecule has 1 unspecified atom stereocenters. The second-order valence-electron chi connectivity index (χ2n) is 4.86. The largest absolute Gasteiger partial charge is 0.469 e. The molecule has 2 aromatic rings. The van der Waals surface area contributed by atoms with Crippen molar-refractivity contribution in [2.45, 2.75) is 31.8 Å². The smallest absolute Gasteiger partial charge is 0.127 e. The van der Waals surface area contributed by atoms with E-state index in [0.29, 0.717) is 12.1 Å². The monoisotopic (exact) mass is 323 g/mol. The summed E-state index contributed by atoms with van der Waals surface area (Å²) in [5, 5.41) is 3.43. The fraction of sp³-hybridized carbons (Fsp3) is 0.333. The lowest BCUT2D eigenvalue weighted by atomic mass is 9.93. The molecule has 0 spiro atoms. The lowest BCUT2D eigenvalue weighted by Crippen LogP contribution is -2.24. The maximum atomic E-state index is 13.7. The summed E-state index contributed by atoms with van der Waals surface area (Å²) in [6.45, 7) is 0.528. The first-order chi connectivity index (χ1) is 9.24. The molecule has 0 aliphatic heterocycles. The van der Waals surface area contributed by atoms with Crippen LogP contribution in [-0.2, 0) is 13.0 Å². The van der Waals surface area contributed by atoms with Crippen molar-refractivity contribution in [3.63, 3.8) is 0 Å². The van der Waals surface area contributed by atoms with Gasteiger partial charge in [-0.25, -0.2) is 4.39 Å². The van der Waals surface area contributed by atoms with Crippen molar-refractivity contribution in [1.82, 2.24) is 5.32 Å². The van der Waals surface area contributed by atoms with E-state index >= 15 is 0 Å². The average Bonchev–Trinajstić information content (AvgIpc) is 2.88. The van der Waals surface area contributed by atoms with Crippen LogP contribution in [0.5, 0.6) is 0 Å². The lowest BCUT2D eigenvalue weighted by Gasteiger charge is -2.23. The van der Waals surface area contributed by atoms with Gasteiger partial charge in [-0.05, 0) is 37.1 Å². The first kappa shape index (κ1) is 12.9. The Bertz CT molecular complexity index is 581. The van der Waals surface area contributed by atoms with Crippen molar-refractivity contribution in [2.75, 3.05) is 0 Å². The molecule has 4 heteroatoms. The van der Waals surface area contributed by atoms with E-state index in [1.807, 2.05) is 12.1 Å². The van der Waals surface area contributed by atoms with E-state index in [4.69, 9.17) is 4.42 Å². The number of hydrogen-bond donors (Lipinski definition) is 1. The molecule has 0 saturated carbocycles. The molecule has 1 aliphatic carbocycles. The average molecular weight is 324 g/mol. The molecule has 1 N–H and O–H groups in total. The maximum absolute atomic E-state index is 13.7. The van der Waals surface area contributed by atoms with Gasteiger partial charge in [-0.3, -0.25) is 0 Å². The summed E-state index contributed by atoms with van der Waals surface area (Å²) in [5.41, 5.74) is 1.91. The molecule has 0 bridgehead atoms. The molecule has 1 atom stereocenters. The van der Waals surface area contributed by atoms with Gasteiger partial charge in [-0.1, -0.05) is 15.9 Å². The number of fused-ring (bicyclic) bond motifs is 1. The molecule has 0 saturated heterocycles. The van der Waals surface area contributed by atoms with Crippen molar-refractivity contribution in [2.24, 2.45) is 0 Å². The number of halogens is 2. The Morgan fingerprint density at radius 3 is 3.16 bits per heavy atom. The number of benzene rings is 1. The minimum absolute atomic E-state index is 0.168. The predicted octanol–water partition coefficient (Wildman–Crippen LogP) is 4.35. The van der Waals surface area contributed by atoms with Crippen LogP contribution in [0.1, 0.15) is 35.8 Å². The highest BCUT2D eigenvalue weighted by Gasteiger charge is 2.22. The second kappa shape index (κ2) is 5.47. The van der Waals surface area contributed by atoms with Gasteiger partial charge in [0.05, 0.1) is 6.26 Å². The summed E-state index contributed by atoms with van der Waals surface area (Å²) < 4.78 is 20.0. The van der Waals surface area contributed by atoms with Crippen molar-refractivity contribution in [1.29, 1.82) is 0 Å². The van der Waals surface area contributed by atoms with E-state index in [1.54, 1.807) is 12.3 Å². The summed E-state index contributed by atoms with van der Waals surface area (Å²) in [5.74, 6) is 0.900. The molecule has 3 rings (SSSR count). The second-order valence-corrected chi connectivity index (χ2v) is 5.78. The fourth-order valence-corrected chi connectivity index (χ4v) is 3.02. The van der Waals surface area contributed by atoms with E-state index in [1.165, 1.54) is 11.6 Å². The Balaban J connectivity index is 1.72. The first-order valence-corrected chi connectivity index (χ1v) is 7.27. The Hall–Kier alpha value is -1.13. The van der Waals surface area contributed by atoms with Gasteiger partial charge >= 0.3 is 0 Å². The first-order valence-electron chi connectivity index (χ1n) is 6.47. The van der Waals surface area contributed by atoms with E-state index in [2.05, 4.69) is 21.2 Å². The molecule has 19 heavy (non-hydrogen) atoms. The van der Waals surface area contributed by atoms with Crippen LogP contribution in [0.4, 0.5) is 4.39 Å². The molecule has 1 aromatic heterocycles. The Morgan fingerprint density at radius 2 is 2.26 bits per heavy atom. The number of furan rings is 1. The highest BCUT2D eigenvalue weighted by atomic mass is 79.9. The van der Waals surface area contributed by atoms with E-state index in [0.717, 1.165) is 29.5 Å². The molecule has 100 valence electrons. The fourth-order valence-electron chi connectivity index (χ4n) is 2.61. The zero-order valence-corrected chi connectivity index (χ0v) is 12.0. The van der Waals surface area contributed by atoms with Crippen molar-refractivity contribution >= 4 is 15.9 Å². The number of aryl methyl sites for hydroxylation is 1. The number of nitrogens with one attached hydrogen (secondary N) is 1. The summed E-state index contributed by atoms with van der Waals surface area (Å²) in [6, 6.07) is 7.31. The summed E-state index contributed by atoms with van der Waals surface area (Å²) in [4.78, 5) is 0. The topological polar surface area (TPSA) is 25.2 Å². The van der Waals surface area contributed by atoms with Gasteiger partial charge in [0.1, 0.15) is 11.6 Å². The Morgan fingerprint density at radius 1 is 1.37 bits per heavy atom. The molecule has 0 amide bonds. The normalized spacial score (nSPS) is 18.3. The standard InChI is InChI=1S/C15H15BrFNO/c16-11-4-5-13(17)10(8-11)9-18-14-2-1-3-15-12(14)6-7-19-15/h4-8,14,18H,1-3,9H2. The lowest BCUT2D eigenvalue weighted by molar-refractivity contribution is 0.408. The Kier molecular flexibility index (Phi) is 3.71. The van der Waals surface area contributed by atoms with Crippen molar-refractivity contribution in [3.05, 3.63) is 57.7 Å². The quantitative estimate of drug-likeness (QED) is 0.908. The third-order valence-electron chi connectivity index (χ3n) is 3.60. The minimum Gasteiger partial charge on any atom is -0.469 e. The van der Waals surface area contributed by atoms with Crippen LogP contribution < -0.4 is 5.32 Å². The van der Waals surface area contributed by atoms with Gasteiger partial charge in [-0.15, -0.1) is 0 Å². The van der Waals surface area contributed by atoms with Crippen LogP contribution in [0.25, 0.3) is 0 Å². The summed E-state index contributed by atoms with van der Waals surface area (Å²) in [7, 11) is 0. The highest BCUT2D eigenvalue weighted by molar-refractivity contribution is 9.10. The van der Waals surface area contributed by atoms with Crippen LogP contribution in [0, 0.1) is 5.82 Å². The van der Waals surface area contributed by atoms with Gasteiger partial charge in [0.25, 0.3) is 0 Å². The van der Waals surface area contributed by atoms with E-state index in [9.17, 15) is 4.39 Å². The summed E-state index contributed by atoms with van der Waals surface area (Å²) >= 11 is 3.37. The van der Waals surface area contributed by atoms with Crippen molar-refractivity contribution in [3.8, 4) is 0 Å². The van der Waals surface area contributed by atoms with Crippen LogP contribution in [-0.4, -0.2) is 0 Å². The molecule has 0 fully saturated rings. The van der Waals surface area contributed by atoms with E-state index < -0.39 is 0 Å². The van der Waals surface area contributed by atoms with Crippen LogP contribution in [0.2, 0.25) is 0 Å². The zero-order valence-electron chi connectivity index (χ0n) is 10.5. The van der Waals surface area contributed by atoms with Gasteiger partial charge in [0.15, 0.2) is 0 Å². The van der Waals surface area contributed by atoms with Gasteiger partial charge in [0.2, 0.25) is 0 Å². The summed E-state index contributed by atoms with van der Waals surface area (Å²) in [6.07, 6.45) is 4.93. The molecular formula is C15H15BrFNO. The van der Waals surface area contributed by atoms with Crippen LogP contribution in [0.15, 0.2) is 39.4 Å². The van der Waals surface area contributed by atoms with Crippen LogP contribution >= 0.6 is 15.9 Å². The van der Waals surface area contributed by atoms with Gasteiger partial charge in [0, 0.05) is 34.6 Å². The molecule has 1 aromatic carbocycles. The Labute approximate surface area is 120 Å². The number of hydrogen-bond acceptors (Lipinski definition) is 2. The predicted molar refractivity (Wildman–Crippen MR) is 75.3 cm³/mol. The third kappa shape index (κ3) is 2.74. The third-order valence-corrected chi connectivity index (χ3v) is 4.09. The molecule has 1 heterocycles. The highest BCUT2D eigenvalue weighted by Crippen LogP contribution is 2.30. The number of rotatable bonds is 3. The SMILES string of the molecule is Fc1ccc(Br)cc1CNC1CCCc2occc21. The van der Waals surface area contributed by atoms with E-state index in [-0.39, 0.29) is 11.9 Å². The zero-order chi connectivity index (χ0) is 13.2. The van der Waals surface area contributed by atoms with Crippen molar-refractivity contribution < 1.29 is 8.81 Å². The maximum Gasteiger partial charge on any atom is 0.127 e. The van der Waals surface area contributed by atoms with Gasteiger partial charge < -0.3 is 9.73 Å². The minimum atomic E-state index is -0.168. The van der Waals surface area contributed by atoms with Gasteiger partial charge in [-0.2, -0.15) is 0 Å². The molecule has 0 radical (unpaired) electrons. The van der Waals surface area contributed by atoms with Crippen LogP contribution in [0.3, 0.4) is 0 Å². The molecular weight excluding hydrogens is 309 g/mol.